The van der Waals surface area contributed by atoms with Gasteiger partial charge in [0.25, 0.3) is 0 Å². The molecular weight excluding hydrogens is 420 g/mol. The smallest absolute Gasteiger partial charge is 0.242 e. The highest BCUT2D eigenvalue weighted by molar-refractivity contribution is 7.89. The number of carbonyl (C=O) groups excluding carboxylic acids is 2. The third-order valence-electron chi connectivity index (χ3n) is 4.85. The van der Waals surface area contributed by atoms with Gasteiger partial charge in [-0.2, -0.15) is 0 Å². The van der Waals surface area contributed by atoms with Crippen LogP contribution in [0.1, 0.15) is 35.7 Å². The maximum absolute atomic E-state index is 12.7. The fourth-order valence-corrected chi connectivity index (χ4v) is 4.16. The Hall–Kier alpha value is -2.91. The minimum absolute atomic E-state index is 0.102. The Morgan fingerprint density at radius 1 is 1.03 bits per heavy atom. The van der Waals surface area contributed by atoms with E-state index in [1.54, 1.807) is 12.1 Å². The SMILES string of the molecule is COc1cc(C)c(NC(=O)CCCN(C)S(=O)(=O)c2ccc(C(C)=O)cc2)cc1OC. The molecule has 0 spiro atoms. The summed E-state index contributed by atoms with van der Waals surface area (Å²) in [7, 11) is 0.817. The highest BCUT2D eigenvalue weighted by Crippen LogP contribution is 2.33. The van der Waals surface area contributed by atoms with Crippen molar-refractivity contribution in [3.63, 3.8) is 0 Å². The number of rotatable bonds is 10. The van der Waals surface area contributed by atoms with Crippen LogP contribution in [0.15, 0.2) is 41.3 Å². The molecule has 0 atom stereocenters. The van der Waals surface area contributed by atoms with Gasteiger partial charge in [0.2, 0.25) is 15.9 Å². The maximum Gasteiger partial charge on any atom is 0.242 e. The van der Waals surface area contributed by atoms with Crippen molar-refractivity contribution < 1.29 is 27.5 Å². The van der Waals surface area contributed by atoms with E-state index in [2.05, 4.69) is 5.32 Å². The average molecular weight is 449 g/mol. The fraction of sp³-hybridized carbons (Fsp3) is 0.364. The minimum Gasteiger partial charge on any atom is -0.493 e. The van der Waals surface area contributed by atoms with Crippen LogP contribution in [-0.2, 0) is 14.8 Å². The maximum atomic E-state index is 12.7. The first kappa shape index (κ1) is 24.4. The van der Waals surface area contributed by atoms with Crippen LogP contribution in [0.5, 0.6) is 11.5 Å². The summed E-state index contributed by atoms with van der Waals surface area (Å²) in [6.45, 7) is 3.44. The molecule has 0 bridgehead atoms. The van der Waals surface area contributed by atoms with Crippen LogP contribution >= 0.6 is 0 Å². The summed E-state index contributed by atoms with van der Waals surface area (Å²) >= 11 is 0. The fourth-order valence-electron chi connectivity index (χ4n) is 2.95. The molecule has 9 heteroatoms. The van der Waals surface area contributed by atoms with Crippen LogP contribution in [0.2, 0.25) is 0 Å². The van der Waals surface area contributed by atoms with Gasteiger partial charge in [-0.15, -0.1) is 0 Å². The van der Waals surface area contributed by atoms with Gasteiger partial charge in [-0.05, 0) is 44.0 Å². The normalized spacial score (nSPS) is 11.3. The molecule has 8 nitrogen and oxygen atoms in total. The lowest BCUT2D eigenvalue weighted by atomic mass is 10.1. The Morgan fingerprint density at radius 2 is 1.61 bits per heavy atom. The molecule has 1 amide bonds. The summed E-state index contributed by atoms with van der Waals surface area (Å²) in [5, 5.41) is 2.82. The van der Waals surface area contributed by atoms with Crippen molar-refractivity contribution in [2.75, 3.05) is 33.1 Å². The molecule has 0 saturated heterocycles. The number of ketones is 1. The molecule has 0 aliphatic heterocycles. The van der Waals surface area contributed by atoms with E-state index in [1.807, 2.05) is 6.92 Å². The second-order valence-corrected chi connectivity index (χ2v) is 9.13. The number of nitrogens with one attached hydrogen (secondary N) is 1. The Labute approximate surface area is 183 Å². The van der Waals surface area contributed by atoms with Crippen LogP contribution in [0.4, 0.5) is 5.69 Å². The van der Waals surface area contributed by atoms with E-state index in [0.29, 0.717) is 29.2 Å². The second kappa shape index (κ2) is 10.4. The van der Waals surface area contributed by atoms with E-state index < -0.39 is 10.0 Å². The molecule has 0 aliphatic rings. The van der Waals surface area contributed by atoms with Gasteiger partial charge in [-0.3, -0.25) is 9.59 Å². The zero-order chi connectivity index (χ0) is 23.2. The van der Waals surface area contributed by atoms with Crippen molar-refractivity contribution in [3.8, 4) is 11.5 Å². The quantitative estimate of drug-likeness (QED) is 0.560. The molecule has 0 fully saturated rings. The van der Waals surface area contributed by atoms with Gasteiger partial charge in [0, 0.05) is 37.3 Å². The number of anilines is 1. The molecule has 2 rings (SSSR count). The first-order chi connectivity index (χ1) is 14.6. The first-order valence-corrected chi connectivity index (χ1v) is 11.1. The third kappa shape index (κ3) is 6.05. The molecule has 2 aromatic carbocycles. The summed E-state index contributed by atoms with van der Waals surface area (Å²) in [5.41, 5.74) is 1.87. The minimum atomic E-state index is -3.70. The summed E-state index contributed by atoms with van der Waals surface area (Å²) in [4.78, 5) is 23.8. The first-order valence-electron chi connectivity index (χ1n) is 9.70. The summed E-state index contributed by atoms with van der Waals surface area (Å²) in [5.74, 6) is 0.714. The molecule has 0 saturated carbocycles. The number of benzene rings is 2. The molecule has 168 valence electrons. The van der Waals surface area contributed by atoms with Gasteiger partial charge >= 0.3 is 0 Å². The number of sulfonamides is 1. The van der Waals surface area contributed by atoms with Crippen LogP contribution in [-0.4, -0.2) is 52.2 Å². The van der Waals surface area contributed by atoms with E-state index in [9.17, 15) is 18.0 Å². The lowest BCUT2D eigenvalue weighted by Crippen LogP contribution is -2.28. The van der Waals surface area contributed by atoms with E-state index >= 15 is 0 Å². The molecule has 0 heterocycles. The number of methoxy groups -OCH3 is 2. The van der Waals surface area contributed by atoms with Crippen molar-refractivity contribution in [3.05, 3.63) is 47.5 Å². The Morgan fingerprint density at radius 3 is 2.16 bits per heavy atom. The number of amides is 1. The number of ether oxygens (including phenoxy) is 2. The number of Topliss-reactive ketones (excluding diaryl/α,β-unsaturated/α-hetero) is 1. The highest BCUT2D eigenvalue weighted by Gasteiger charge is 2.21. The summed E-state index contributed by atoms with van der Waals surface area (Å²) in [6.07, 6.45) is 0.496. The van der Waals surface area contributed by atoms with Crippen molar-refractivity contribution in [1.29, 1.82) is 0 Å². The summed E-state index contributed by atoms with van der Waals surface area (Å²) in [6, 6.07) is 9.26. The van der Waals surface area contributed by atoms with Crippen LogP contribution in [0.25, 0.3) is 0 Å². The number of carbonyl (C=O) groups is 2. The molecule has 0 unspecified atom stereocenters. The lowest BCUT2D eigenvalue weighted by Gasteiger charge is -2.17. The summed E-state index contributed by atoms with van der Waals surface area (Å²) < 4.78 is 37.0. The van der Waals surface area contributed by atoms with Gasteiger partial charge in [0.1, 0.15) is 0 Å². The predicted molar refractivity (Wildman–Crippen MR) is 118 cm³/mol. The lowest BCUT2D eigenvalue weighted by molar-refractivity contribution is -0.116. The molecule has 0 aromatic heterocycles. The van der Waals surface area contributed by atoms with Crippen LogP contribution < -0.4 is 14.8 Å². The molecule has 31 heavy (non-hydrogen) atoms. The van der Waals surface area contributed by atoms with Crippen LogP contribution in [0, 0.1) is 6.92 Å². The van der Waals surface area contributed by atoms with Gasteiger partial charge < -0.3 is 14.8 Å². The van der Waals surface area contributed by atoms with Crippen molar-refractivity contribution >= 4 is 27.4 Å². The van der Waals surface area contributed by atoms with Gasteiger partial charge in [0.15, 0.2) is 17.3 Å². The third-order valence-corrected chi connectivity index (χ3v) is 6.72. The van der Waals surface area contributed by atoms with E-state index in [4.69, 9.17) is 9.47 Å². The predicted octanol–water partition coefficient (Wildman–Crippen LogP) is 3.25. The number of aryl methyl sites for hydroxylation is 1. The van der Waals surface area contributed by atoms with E-state index in [1.165, 1.54) is 56.8 Å². The zero-order valence-corrected chi connectivity index (χ0v) is 19.2. The Bertz CT molecular complexity index is 1050. The largest absolute Gasteiger partial charge is 0.493 e. The van der Waals surface area contributed by atoms with Crippen molar-refractivity contribution in [2.45, 2.75) is 31.6 Å². The standard InChI is InChI=1S/C22H28N2O6S/c1-15-13-20(29-4)21(30-5)14-19(15)23-22(26)7-6-12-24(3)31(27,28)18-10-8-17(9-11-18)16(2)25/h8-11,13-14H,6-7,12H2,1-5H3,(H,23,26). The van der Waals surface area contributed by atoms with E-state index in [0.717, 1.165) is 5.56 Å². The Kier molecular flexibility index (Phi) is 8.18. The topological polar surface area (TPSA) is 102 Å². The zero-order valence-electron chi connectivity index (χ0n) is 18.4. The van der Waals surface area contributed by atoms with E-state index in [-0.39, 0.29) is 29.6 Å². The molecular formula is C22H28N2O6S. The number of nitrogens with zero attached hydrogens (tertiary/aromatic N) is 1. The van der Waals surface area contributed by atoms with Gasteiger partial charge in [-0.25, -0.2) is 12.7 Å². The average Bonchev–Trinajstić information content (AvgIpc) is 2.74. The highest BCUT2D eigenvalue weighted by atomic mass is 32.2. The number of hydrogen-bond donors (Lipinski definition) is 1. The number of hydrogen-bond acceptors (Lipinski definition) is 6. The molecule has 0 radical (unpaired) electrons. The molecule has 1 N–H and O–H groups in total. The van der Waals surface area contributed by atoms with Crippen LogP contribution in [0.3, 0.4) is 0 Å². The van der Waals surface area contributed by atoms with Crippen molar-refractivity contribution in [1.82, 2.24) is 4.31 Å². The molecule has 0 aliphatic carbocycles. The van der Waals surface area contributed by atoms with Gasteiger partial charge in [0.05, 0.1) is 19.1 Å². The van der Waals surface area contributed by atoms with Crippen molar-refractivity contribution in [2.24, 2.45) is 0 Å². The monoisotopic (exact) mass is 448 g/mol. The van der Waals surface area contributed by atoms with Gasteiger partial charge in [-0.1, -0.05) is 12.1 Å². The molecule has 2 aromatic rings. The Balaban J connectivity index is 1.95. The second-order valence-electron chi connectivity index (χ2n) is 7.08.